The topological polar surface area (TPSA) is 38.3 Å². The Kier molecular flexibility index (Phi) is 6.84. The van der Waals surface area contributed by atoms with E-state index in [0.29, 0.717) is 6.42 Å². The van der Waals surface area contributed by atoms with Crippen LogP contribution in [0.3, 0.4) is 0 Å². The van der Waals surface area contributed by atoms with Crippen molar-refractivity contribution in [2.75, 3.05) is 7.11 Å². The van der Waals surface area contributed by atoms with Gasteiger partial charge in [-0.1, -0.05) is 64.1 Å². The van der Waals surface area contributed by atoms with Crippen molar-refractivity contribution in [3.05, 3.63) is 65.2 Å². The molecule has 26 heavy (non-hydrogen) atoms. The third-order valence-corrected chi connectivity index (χ3v) is 4.72. The minimum Gasteiger partial charge on any atom is -0.497 e. The minimum absolute atomic E-state index is 0.0386. The van der Waals surface area contributed by atoms with Gasteiger partial charge in [0, 0.05) is 6.42 Å². The van der Waals surface area contributed by atoms with E-state index < -0.39 is 0 Å². The lowest BCUT2D eigenvalue weighted by Crippen LogP contribution is -2.28. The van der Waals surface area contributed by atoms with Gasteiger partial charge in [-0.3, -0.25) is 4.79 Å². The molecule has 140 valence electrons. The SMILES string of the molecule is CC[C@H](NC(=O)CCc1ccc(C(C)(C)C)cc1)c1ccc(OC)cc1. The van der Waals surface area contributed by atoms with Gasteiger partial charge in [-0.2, -0.15) is 0 Å². The first-order valence-corrected chi connectivity index (χ1v) is 9.36. The standard InChI is InChI=1S/C23H31NO2/c1-6-21(18-10-14-20(26-5)15-11-18)24-22(25)16-9-17-7-12-19(13-8-17)23(2,3)4/h7-8,10-15,21H,6,9,16H2,1-5H3,(H,24,25)/t21-/m0/s1. The predicted octanol–water partition coefficient (Wildman–Crippen LogP) is 5.19. The number of amides is 1. The van der Waals surface area contributed by atoms with Crippen molar-refractivity contribution in [2.24, 2.45) is 0 Å². The summed E-state index contributed by atoms with van der Waals surface area (Å²) in [4.78, 5) is 12.4. The molecule has 0 aromatic heterocycles. The van der Waals surface area contributed by atoms with E-state index >= 15 is 0 Å². The molecule has 1 atom stereocenters. The van der Waals surface area contributed by atoms with Crippen LogP contribution >= 0.6 is 0 Å². The first-order valence-electron chi connectivity index (χ1n) is 9.36. The Morgan fingerprint density at radius 2 is 1.65 bits per heavy atom. The van der Waals surface area contributed by atoms with Crippen LogP contribution in [0.25, 0.3) is 0 Å². The lowest BCUT2D eigenvalue weighted by molar-refractivity contribution is -0.121. The van der Waals surface area contributed by atoms with Gasteiger partial charge in [-0.25, -0.2) is 0 Å². The normalized spacial score (nSPS) is 12.5. The van der Waals surface area contributed by atoms with Gasteiger partial charge < -0.3 is 10.1 Å². The van der Waals surface area contributed by atoms with Crippen LogP contribution in [-0.2, 0) is 16.6 Å². The molecule has 2 rings (SSSR count). The Balaban J connectivity index is 1.90. The first kappa shape index (κ1) is 20.0. The summed E-state index contributed by atoms with van der Waals surface area (Å²) >= 11 is 0. The number of methoxy groups -OCH3 is 1. The second-order valence-electron chi connectivity index (χ2n) is 7.75. The number of benzene rings is 2. The van der Waals surface area contributed by atoms with Crippen LogP contribution in [0.4, 0.5) is 0 Å². The maximum Gasteiger partial charge on any atom is 0.220 e. The summed E-state index contributed by atoms with van der Waals surface area (Å²) in [7, 11) is 1.65. The fourth-order valence-electron chi connectivity index (χ4n) is 2.95. The van der Waals surface area contributed by atoms with Crippen LogP contribution < -0.4 is 10.1 Å². The van der Waals surface area contributed by atoms with E-state index in [9.17, 15) is 4.79 Å². The Labute approximate surface area is 157 Å². The molecule has 0 bridgehead atoms. The number of hydrogen-bond donors (Lipinski definition) is 1. The van der Waals surface area contributed by atoms with Gasteiger partial charge in [0.2, 0.25) is 5.91 Å². The summed E-state index contributed by atoms with van der Waals surface area (Å²) in [6.45, 7) is 8.71. The van der Waals surface area contributed by atoms with Crippen LogP contribution in [0.5, 0.6) is 5.75 Å². The van der Waals surface area contributed by atoms with Gasteiger partial charge in [0.25, 0.3) is 0 Å². The molecule has 0 aliphatic heterocycles. The van der Waals surface area contributed by atoms with E-state index in [-0.39, 0.29) is 17.4 Å². The number of ether oxygens (including phenoxy) is 1. The average Bonchev–Trinajstić information content (AvgIpc) is 2.64. The summed E-state index contributed by atoms with van der Waals surface area (Å²) < 4.78 is 5.19. The number of carbonyl (C=O) groups excluding carboxylic acids is 1. The quantitative estimate of drug-likeness (QED) is 0.743. The fraction of sp³-hybridized carbons (Fsp3) is 0.435. The monoisotopic (exact) mass is 353 g/mol. The summed E-state index contributed by atoms with van der Waals surface area (Å²) in [5, 5.41) is 3.15. The summed E-state index contributed by atoms with van der Waals surface area (Å²) in [6, 6.07) is 16.5. The van der Waals surface area contributed by atoms with Crippen LogP contribution in [-0.4, -0.2) is 13.0 Å². The molecule has 0 aliphatic rings. The Hall–Kier alpha value is -2.29. The van der Waals surface area contributed by atoms with E-state index in [1.807, 2.05) is 24.3 Å². The second-order valence-corrected chi connectivity index (χ2v) is 7.75. The van der Waals surface area contributed by atoms with Crippen LogP contribution in [0, 0.1) is 0 Å². The lowest BCUT2D eigenvalue weighted by atomic mass is 9.86. The smallest absolute Gasteiger partial charge is 0.220 e. The Bertz CT molecular complexity index is 696. The number of carbonyl (C=O) groups is 1. The van der Waals surface area contributed by atoms with Crippen molar-refractivity contribution in [1.82, 2.24) is 5.32 Å². The summed E-state index contributed by atoms with van der Waals surface area (Å²) in [5.74, 6) is 0.918. The largest absolute Gasteiger partial charge is 0.497 e. The third-order valence-electron chi connectivity index (χ3n) is 4.72. The molecule has 3 nitrogen and oxygen atoms in total. The van der Waals surface area contributed by atoms with Crippen molar-refractivity contribution in [3.8, 4) is 5.75 Å². The van der Waals surface area contributed by atoms with Crippen molar-refractivity contribution in [2.45, 2.75) is 58.4 Å². The van der Waals surface area contributed by atoms with Gasteiger partial charge in [0.15, 0.2) is 0 Å². The number of hydrogen-bond acceptors (Lipinski definition) is 2. The lowest BCUT2D eigenvalue weighted by Gasteiger charge is -2.19. The summed E-state index contributed by atoms with van der Waals surface area (Å²) in [5.41, 5.74) is 3.78. The van der Waals surface area contributed by atoms with Crippen molar-refractivity contribution >= 4 is 5.91 Å². The van der Waals surface area contributed by atoms with Gasteiger partial charge >= 0.3 is 0 Å². The Morgan fingerprint density at radius 3 is 2.15 bits per heavy atom. The fourth-order valence-corrected chi connectivity index (χ4v) is 2.95. The highest BCUT2D eigenvalue weighted by Gasteiger charge is 2.14. The van der Waals surface area contributed by atoms with Gasteiger partial charge in [0.05, 0.1) is 13.2 Å². The highest BCUT2D eigenvalue weighted by Crippen LogP contribution is 2.23. The second kappa shape index (κ2) is 8.88. The molecule has 0 unspecified atom stereocenters. The Morgan fingerprint density at radius 1 is 1.04 bits per heavy atom. The molecule has 1 N–H and O–H groups in total. The zero-order chi connectivity index (χ0) is 19.2. The summed E-state index contributed by atoms with van der Waals surface area (Å²) in [6.07, 6.45) is 2.12. The molecule has 2 aromatic rings. The molecule has 0 fully saturated rings. The molecule has 0 heterocycles. The first-order chi connectivity index (χ1) is 12.3. The highest BCUT2D eigenvalue weighted by molar-refractivity contribution is 5.76. The minimum atomic E-state index is 0.0386. The molecule has 0 aliphatic carbocycles. The predicted molar refractivity (Wildman–Crippen MR) is 108 cm³/mol. The highest BCUT2D eigenvalue weighted by atomic mass is 16.5. The van der Waals surface area contributed by atoms with E-state index in [2.05, 4.69) is 57.3 Å². The van der Waals surface area contributed by atoms with Crippen LogP contribution in [0.15, 0.2) is 48.5 Å². The molecule has 0 saturated carbocycles. The molecular formula is C23H31NO2. The molecule has 0 radical (unpaired) electrons. The molecule has 3 heteroatoms. The van der Waals surface area contributed by atoms with E-state index in [1.165, 1.54) is 11.1 Å². The third kappa shape index (κ3) is 5.62. The van der Waals surface area contributed by atoms with E-state index in [1.54, 1.807) is 7.11 Å². The van der Waals surface area contributed by atoms with Crippen LogP contribution in [0.2, 0.25) is 0 Å². The molecular weight excluding hydrogens is 322 g/mol. The zero-order valence-electron chi connectivity index (χ0n) is 16.6. The molecule has 0 saturated heterocycles. The molecule has 0 spiro atoms. The molecule has 1 amide bonds. The van der Waals surface area contributed by atoms with Gasteiger partial charge in [-0.05, 0) is 47.1 Å². The van der Waals surface area contributed by atoms with E-state index in [0.717, 1.165) is 24.2 Å². The van der Waals surface area contributed by atoms with Gasteiger partial charge in [0.1, 0.15) is 5.75 Å². The zero-order valence-corrected chi connectivity index (χ0v) is 16.6. The van der Waals surface area contributed by atoms with E-state index in [4.69, 9.17) is 4.74 Å². The number of nitrogens with one attached hydrogen (secondary N) is 1. The maximum absolute atomic E-state index is 12.4. The van der Waals surface area contributed by atoms with Crippen molar-refractivity contribution < 1.29 is 9.53 Å². The van der Waals surface area contributed by atoms with Crippen molar-refractivity contribution in [1.29, 1.82) is 0 Å². The van der Waals surface area contributed by atoms with Crippen molar-refractivity contribution in [3.63, 3.8) is 0 Å². The number of aryl methyl sites for hydroxylation is 1. The number of rotatable bonds is 7. The maximum atomic E-state index is 12.4. The van der Waals surface area contributed by atoms with Crippen LogP contribution in [0.1, 0.15) is 63.3 Å². The average molecular weight is 354 g/mol. The van der Waals surface area contributed by atoms with Gasteiger partial charge in [-0.15, -0.1) is 0 Å². The molecule has 2 aromatic carbocycles.